The Hall–Kier alpha value is -2.57. The summed E-state index contributed by atoms with van der Waals surface area (Å²) >= 11 is 0. The Morgan fingerprint density at radius 3 is 2.59 bits per heavy atom. The van der Waals surface area contributed by atoms with Crippen molar-refractivity contribution in [2.45, 2.75) is 57.5 Å². The van der Waals surface area contributed by atoms with Crippen LogP contribution in [0, 0.1) is 5.92 Å². The number of carboxylic acid groups (broad SMARTS) is 1. The van der Waals surface area contributed by atoms with Crippen LogP contribution in [0.5, 0.6) is 0 Å². The summed E-state index contributed by atoms with van der Waals surface area (Å²) < 4.78 is 1.82. The molecule has 0 spiro atoms. The van der Waals surface area contributed by atoms with Crippen LogP contribution in [0.15, 0.2) is 23.0 Å². The van der Waals surface area contributed by atoms with Crippen LogP contribution < -0.4 is 5.69 Å². The summed E-state index contributed by atoms with van der Waals surface area (Å²) in [7, 11) is 0. The summed E-state index contributed by atoms with van der Waals surface area (Å²) in [6.07, 6.45) is 6.12. The molecule has 1 aromatic heterocycles. The number of carbonyl (C=O) groups excluding carboxylic acids is 1. The summed E-state index contributed by atoms with van der Waals surface area (Å²) in [6.45, 7) is 1.82. The number of hydrogen-bond donors (Lipinski definition) is 2. The van der Waals surface area contributed by atoms with E-state index in [4.69, 9.17) is 0 Å². The van der Waals surface area contributed by atoms with Gasteiger partial charge < -0.3 is 15.0 Å². The number of aliphatic carboxylic acids is 1. The van der Waals surface area contributed by atoms with Gasteiger partial charge in [-0.1, -0.05) is 19.8 Å². The first-order valence-corrected chi connectivity index (χ1v) is 9.73. The Morgan fingerprint density at radius 1 is 1.26 bits per heavy atom. The van der Waals surface area contributed by atoms with Gasteiger partial charge in [0, 0.05) is 24.2 Å². The largest absolute Gasteiger partial charge is 0.481 e. The van der Waals surface area contributed by atoms with Gasteiger partial charge in [-0.3, -0.25) is 14.2 Å². The van der Waals surface area contributed by atoms with E-state index < -0.39 is 11.9 Å². The molecule has 2 aromatic rings. The Morgan fingerprint density at radius 2 is 1.96 bits per heavy atom. The molecule has 2 saturated carbocycles. The molecule has 1 aromatic carbocycles. The van der Waals surface area contributed by atoms with Crippen molar-refractivity contribution in [3.05, 3.63) is 34.2 Å². The Balaban J connectivity index is 1.64. The van der Waals surface area contributed by atoms with Crippen molar-refractivity contribution in [2.24, 2.45) is 5.92 Å². The highest BCUT2D eigenvalue weighted by atomic mass is 16.4. The van der Waals surface area contributed by atoms with Crippen LogP contribution >= 0.6 is 0 Å². The van der Waals surface area contributed by atoms with Crippen molar-refractivity contribution >= 4 is 22.9 Å². The van der Waals surface area contributed by atoms with Gasteiger partial charge in [-0.25, -0.2) is 4.79 Å². The third kappa shape index (κ3) is 3.38. The molecule has 1 heterocycles. The molecule has 1 atom stereocenters. The lowest BCUT2D eigenvalue weighted by Crippen LogP contribution is -2.38. The van der Waals surface area contributed by atoms with E-state index in [2.05, 4.69) is 4.98 Å². The lowest BCUT2D eigenvalue weighted by atomic mass is 10.1. The van der Waals surface area contributed by atoms with E-state index in [1.807, 2.05) is 10.6 Å². The van der Waals surface area contributed by atoms with Gasteiger partial charge in [-0.05, 0) is 43.9 Å². The molecule has 1 amide bonds. The first-order valence-electron chi connectivity index (χ1n) is 9.73. The zero-order valence-corrected chi connectivity index (χ0v) is 15.5. The summed E-state index contributed by atoms with van der Waals surface area (Å²) in [5, 5.41) is 9.18. The normalized spacial score (nSPS) is 18.7. The number of fused-ring (bicyclic) bond motifs is 1. The number of aromatic nitrogens is 2. The van der Waals surface area contributed by atoms with Crippen LogP contribution in [0.4, 0.5) is 0 Å². The lowest BCUT2D eigenvalue weighted by molar-refractivity contribution is -0.141. The van der Waals surface area contributed by atoms with Gasteiger partial charge in [0.15, 0.2) is 0 Å². The number of rotatable bonds is 6. The fourth-order valence-electron chi connectivity index (χ4n) is 4.11. The second-order valence-corrected chi connectivity index (χ2v) is 7.90. The van der Waals surface area contributed by atoms with Crippen LogP contribution in [0.3, 0.4) is 0 Å². The number of aromatic amines is 1. The molecule has 0 bridgehead atoms. The van der Waals surface area contributed by atoms with Crippen LogP contribution in [0.2, 0.25) is 0 Å². The molecule has 0 radical (unpaired) electrons. The average Bonchev–Trinajstić information content (AvgIpc) is 3.23. The topological polar surface area (TPSA) is 95.4 Å². The zero-order valence-electron chi connectivity index (χ0n) is 15.5. The quantitative estimate of drug-likeness (QED) is 0.816. The maximum atomic E-state index is 13.0. The number of carbonyl (C=O) groups is 2. The maximum absolute atomic E-state index is 13.0. The van der Waals surface area contributed by atoms with E-state index in [0.29, 0.717) is 11.1 Å². The smallest absolute Gasteiger partial charge is 0.326 e. The van der Waals surface area contributed by atoms with Gasteiger partial charge in [-0.15, -0.1) is 0 Å². The molecule has 2 N–H and O–H groups in total. The third-order valence-corrected chi connectivity index (χ3v) is 5.79. The summed E-state index contributed by atoms with van der Waals surface area (Å²) in [6, 6.07) is 5.67. The first kappa shape index (κ1) is 17.8. The first-order chi connectivity index (χ1) is 13.0. The Kier molecular flexibility index (Phi) is 4.53. The Bertz CT molecular complexity index is 934. The number of nitrogens with one attached hydrogen (secondary N) is 1. The van der Waals surface area contributed by atoms with Crippen LogP contribution in [0.1, 0.15) is 61.8 Å². The van der Waals surface area contributed by atoms with E-state index >= 15 is 0 Å². The predicted octanol–water partition coefficient (Wildman–Crippen LogP) is 2.77. The van der Waals surface area contributed by atoms with E-state index in [0.717, 1.165) is 44.0 Å². The molecule has 7 heteroatoms. The summed E-state index contributed by atoms with van der Waals surface area (Å²) in [5.41, 5.74) is 1.87. The van der Waals surface area contributed by atoms with Gasteiger partial charge in [-0.2, -0.15) is 0 Å². The fraction of sp³-hybridized carbons (Fsp3) is 0.550. The molecule has 2 aliphatic carbocycles. The molecule has 1 unspecified atom stereocenters. The molecule has 144 valence electrons. The van der Waals surface area contributed by atoms with Crippen molar-refractivity contribution in [1.29, 1.82) is 0 Å². The van der Waals surface area contributed by atoms with Crippen molar-refractivity contribution in [3.63, 3.8) is 0 Å². The molecule has 0 saturated heterocycles. The minimum absolute atomic E-state index is 0.122. The number of benzene rings is 1. The molecule has 7 nitrogen and oxygen atoms in total. The SMILES string of the molecule is CC(CN(C(=O)c1ccc2c(c1)[nH]c(=O)n2C1CCCC1)C1CC1)C(=O)O. The van der Waals surface area contributed by atoms with E-state index in [9.17, 15) is 19.5 Å². The van der Waals surface area contributed by atoms with E-state index in [-0.39, 0.29) is 30.2 Å². The zero-order chi connectivity index (χ0) is 19.1. The number of hydrogen-bond acceptors (Lipinski definition) is 3. The minimum Gasteiger partial charge on any atom is -0.481 e. The van der Waals surface area contributed by atoms with Gasteiger partial charge in [0.05, 0.1) is 17.0 Å². The summed E-state index contributed by atoms with van der Waals surface area (Å²) in [4.78, 5) is 41.2. The van der Waals surface area contributed by atoms with Gasteiger partial charge in [0.25, 0.3) is 5.91 Å². The highest BCUT2D eigenvalue weighted by Crippen LogP contribution is 2.32. The average molecular weight is 371 g/mol. The second kappa shape index (κ2) is 6.87. The summed E-state index contributed by atoms with van der Waals surface area (Å²) in [5.74, 6) is -1.68. The number of nitrogens with zero attached hydrogens (tertiary/aromatic N) is 2. The standard InChI is InChI=1S/C20H25N3O4/c1-12(19(25)26)11-22(14-7-8-14)18(24)13-6-9-17-16(10-13)21-20(27)23(17)15-4-2-3-5-15/h6,9-10,12,14-15H,2-5,7-8,11H2,1H3,(H,21,27)(H,25,26). The van der Waals surface area contributed by atoms with Crippen LogP contribution in [0.25, 0.3) is 11.0 Å². The molecule has 27 heavy (non-hydrogen) atoms. The van der Waals surface area contributed by atoms with Crippen molar-refractivity contribution in [2.75, 3.05) is 6.54 Å². The van der Waals surface area contributed by atoms with Crippen molar-refractivity contribution in [3.8, 4) is 0 Å². The highest BCUT2D eigenvalue weighted by molar-refractivity contribution is 5.98. The van der Waals surface area contributed by atoms with Crippen molar-refractivity contribution < 1.29 is 14.7 Å². The van der Waals surface area contributed by atoms with Crippen LogP contribution in [-0.4, -0.2) is 44.0 Å². The van der Waals surface area contributed by atoms with Crippen molar-refractivity contribution in [1.82, 2.24) is 14.5 Å². The van der Waals surface area contributed by atoms with Crippen LogP contribution in [-0.2, 0) is 4.79 Å². The van der Waals surface area contributed by atoms with Gasteiger partial charge in [0.1, 0.15) is 0 Å². The molecule has 0 aliphatic heterocycles. The number of carboxylic acids is 1. The monoisotopic (exact) mass is 371 g/mol. The fourth-order valence-corrected chi connectivity index (χ4v) is 4.11. The second-order valence-electron chi connectivity index (χ2n) is 7.90. The molecule has 2 aliphatic rings. The molecular formula is C20H25N3O4. The van der Waals surface area contributed by atoms with E-state index in [1.165, 1.54) is 0 Å². The number of imidazole rings is 1. The lowest BCUT2D eigenvalue weighted by Gasteiger charge is -2.24. The highest BCUT2D eigenvalue weighted by Gasteiger charge is 2.35. The Labute approximate surface area is 157 Å². The minimum atomic E-state index is -0.901. The molecule has 4 rings (SSSR count). The predicted molar refractivity (Wildman–Crippen MR) is 101 cm³/mol. The third-order valence-electron chi connectivity index (χ3n) is 5.79. The number of H-pyrrole nitrogens is 1. The van der Waals surface area contributed by atoms with Gasteiger partial charge >= 0.3 is 11.7 Å². The van der Waals surface area contributed by atoms with E-state index in [1.54, 1.807) is 24.0 Å². The van der Waals surface area contributed by atoms with Gasteiger partial charge in [0.2, 0.25) is 0 Å². The molecule has 2 fully saturated rings. The number of amides is 1. The maximum Gasteiger partial charge on any atom is 0.326 e. The molecular weight excluding hydrogens is 346 g/mol.